The third kappa shape index (κ3) is 2.29. The monoisotopic (exact) mass is 281 g/mol. The lowest BCUT2D eigenvalue weighted by Gasteiger charge is -2.05. The van der Waals surface area contributed by atoms with Crippen LogP contribution in [0, 0.1) is 0 Å². The van der Waals surface area contributed by atoms with Gasteiger partial charge in [0, 0.05) is 24.1 Å². The van der Waals surface area contributed by atoms with E-state index in [-0.39, 0.29) is 0 Å². The molecule has 3 aromatic rings. The second kappa shape index (κ2) is 4.93. The van der Waals surface area contributed by atoms with Crippen molar-refractivity contribution < 1.29 is 9.26 Å². The molecule has 1 aliphatic carbocycles. The first-order valence-electron chi connectivity index (χ1n) is 7.07. The molecule has 5 nitrogen and oxygen atoms in total. The molecule has 2 heterocycles. The van der Waals surface area contributed by atoms with Crippen molar-refractivity contribution in [3.8, 4) is 11.5 Å². The Morgan fingerprint density at radius 3 is 2.90 bits per heavy atom. The van der Waals surface area contributed by atoms with Crippen LogP contribution in [0.3, 0.4) is 0 Å². The fraction of sp³-hybridized carbons (Fsp3) is 0.312. The van der Waals surface area contributed by atoms with E-state index in [2.05, 4.69) is 16.2 Å². The van der Waals surface area contributed by atoms with Crippen molar-refractivity contribution in [2.45, 2.75) is 25.4 Å². The van der Waals surface area contributed by atoms with Crippen LogP contribution in [0.2, 0.25) is 0 Å². The molecule has 1 saturated carbocycles. The number of fused-ring (bicyclic) bond motifs is 1. The number of hydrogen-bond donors (Lipinski definition) is 0. The summed E-state index contributed by atoms with van der Waals surface area (Å²) in [6, 6.07) is 10.1. The van der Waals surface area contributed by atoms with Gasteiger partial charge in [-0.2, -0.15) is 4.98 Å². The van der Waals surface area contributed by atoms with Gasteiger partial charge in [-0.15, -0.1) is 0 Å². The summed E-state index contributed by atoms with van der Waals surface area (Å²) in [5.41, 5.74) is 3.05. The standard InChI is InChI=1S/C16H15N3O2/c1-20-9-15-18-16(21-19-15)12-8-14(10-6-7-10)17-13-5-3-2-4-11(12)13/h2-5,8,10H,6-7,9H2,1H3. The van der Waals surface area contributed by atoms with Gasteiger partial charge in [-0.3, -0.25) is 4.98 Å². The molecule has 0 N–H and O–H groups in total. The van der Waals surface area contributed by atoms with E-state index in [1.165, 1.54) is 12.8 Å². The van der Waals surface area contributed by atoms with E-state index < -0.39 is 0 Å². The van der Waals surface area contributed by atoms with Crippen molar-refractivity contribution in [3.63, 3.8) is 0 Å². The largest absolute Gasteiger partial charge is 0.377 e. The molecule has 5 heteroatoms. The summed E-state index contributed by atoms with van der Waals surface area (Å²) in [6.45, 7) is 0.349. The van der Waals surface area contributed by atoms with Gasteiger partial charge >= 0.3 is 0 Å². The highest BCUT2D eigenvalue weighted by atomic mass is 16.5. The normalized spacial score (nSPS) is 14.7. The summed E-state index contributed by atoms with van der Waals surface area (Å²) >= 11 is 0. The van der Waals surface area contributed by atoms with Crippen LogP contribution in [-0.2, 0) is 11.3 Å². The van der Waals surface area contributed by atoms with E-state index >= 15 is 0 Å². The van der Waals surface area contributed by atoms with Crippen molar-refractivity contribution in [1.29, 1.82) is 0 Å². The molecule has 106 valence electrons. The van der Waals surface area contributed by atoms with Crippen molar-refractivity contribution in [3.05, 3.63) is 41.9 Å². The van der Waals surface area contributed by atoms with Crippen molar-refractivity contribution >= 4 is 10.9 Å². The maximum Gasteiger partial charge on any atom is 0.258 e. The number of methoxy groups -OCH3 is 1. The topological polar surface area (TPSA) is 61.0 Å². The molecule has 0 spiro atoms. The number of para-hydroxylation sites is 1. The zero-order valence-electron chi connectivity index (χ0n) is 11.7. The van der Waals surface area contributed by atoms with Crippen LogP contribution in [0.25, 0.3) is 22.4 Å². The maximum atomic E-state index is 5.40. The first-order chi connectivity index (χ1) is 10.3. The second-order valence-corrected chi connectivity index (χ2v) is 5.33. The highest BCUT2D eigenvalue weighted by molar-refractivity contribution is 5.92. The lowest BCUT2D eigenvalue weighted by molar-refractivity contribution is 0.174. The summed E-state index contributed by atoms with van der Waals surface area (Å²) in [7, 11) is 1.61. The molecular weight excluding hydrogens is 266 g/mol. The fourth-order valence-corrected chi connectivity index (χ4v) is 2.51. The summed E-state index contributed by atoms with van der Waals surface area (Å²) in [4.78, 5) is 9.16. The minimum Gasteiger partial charge on any atom is -0.377 e. The first kappa shape index (κ1) is 12.5. The zero-order valence-corrected chi connectivity index (χ0v) is 11.7. The number of hydrogen-bond acceptors (Lipinski definition) is 5. The molecule has 1 fully saturated rings. The molecule has 1 aliphatic rings. The van der Waals surface area contributed by atoms with Crippen LogP contribution in [-0.4, -0.2) is 22.2 Å². The molecule has 2 aromatic heterocycles. The predicted octanol–water partition coefficient (Wildman–Crippen LogP) is 3.31. The fourth-order valence-electron chi connectivity index (χ4n) is 2.51. The van der Waals surface area contributed by atoms with Crippen LogP contribution in [0.5, 0.6) is 0 Å². The van der Waals surface area contributed by atoms with Crippen molar-refractivity contribution in [2.75, 3.05) is 7.11 Å². The maximum absolute atomic E-state index is 5.40. The van der Waals surface area contributed by atoms with Gasteiger partial charge in [-0.05, 0) is 25.0 Å². The summed E-state index contributed by atoms with van der Waals surface area (Å²) in [6.07, 6.45) is 2.42. The third-order valence-corrected chi connectivity index (χ3v) is 3.70. The van der Waals surface area contributed by atoms with Crippen molar-refractivity contribution in [1.82, 2.24) is 15.1 Å². The summed E-state index contributed by atoms with van der Waals surface area (Å²) < 4.78 is 10.4. The smallest absolute Gasteiger partial charge is 0.258 e. The molecule has 0 bridgehead atoms. The third-order valence-electron chi connectivity index (χ3n) is 3.70. The predicted molar refractivity (Wildman–Crippen MR) is 77.7 cm³/mol. The van der Waals surface area contributed by atoms with Crippen LogP contribution < -0.4 is 0 Å². The van der Waals surface area contributed by atoms with Gasteiger partial charge in [-0.25, -0.2) is 0 Å². The number of rotatable bonds is 4. The highest BCUT2D eigenvalue weighted by Crippen LogP contribution is 2.41. The number of benzene rings is 1. The molecule has 21 heavy (non-hydrogen) atoms. The minimum atomic E-state index is 0.349. The van der Waals surface area contributed by atoms with Gasteiger partial charge in [-0.1, -0.05) is 23.4 Å². The molecule has 4 rings (SSSR count). The Bertz CT molecular complexity index is 793. The number of nitrogens with zero attached hydrogens (tertiary/aromatic N) is 3. The van der Waals surface area contributed by atoms with E-state index in [0.29, 0.717) is 24.2 Å². The highest BCUT2D eigenvalue weighted by Gasteiger charge is 2.27. The Hall–Kier alpha value is -2.27. The van der Waals surface area contributed by atoms with Gasteiger partial charge in [0.1, 0.15) is 6.61 Å². The van der Waals surface area contributed by atoms with Crippen LogP contribution in [0.15, 0.2) is 34.9 Å². The summed E-state index contributed by atoms with van der Waals surface area (Å²) in [5, 5.41) is 4.98. The lowest BCUT2D eigenvalue weighted by atomic mass is 10.1. The molecule has 0 saturated heterocycles. The van der Waals surface area contributed by atoms with Crippen LogP contribution in [0.4, 0.5) is 0 Å². The Morgan fingerprint density at radius 2 is 2.10 bits per heavy atom. The van der Waals surface area contributed by atoms with Crippen LogP contribution in [0.1, 0.15) is 30.3 Å². The zero-order chi connectivity index (χ0) is 14.2. The Morgan fingerprint density at radius 1 is 1.24 bits per heavy atom. The lowest BCUT2D eigenvalue weighted by Crippen LogP contribution is -1.93. The Balaban J connectivity index is 1.88. The van der Waals surface area contributed by atoms with Gasteiger partial charge in [0.15, 0.2) is 5.82 Å². The molecule has 0 radical (unpaired) electrons. The SMILES string of the molecule is COCc1noc(-c2cc(C3CC3)nc3ccccc23)n1. The molecule has 0 atom stereocenters. The number of pyridine rings is 1. The van der Waals surface area contributed by atoms with E-state index in [9.17, 15) is 0 Å². The average Bonchev–Trinajstić information content (AvgIpc) is 3.27. The summed E-state index contributed by atoms with van der Waals surface area (Å²) in [5.74, 6) is 1.67. The Kier molecular flexibility index (Phi) is 2.93. The first-order valence-corrected chi connectivity index (χ1v) is 7.07. The van der Waals surface area contributed by atoms with Gasteiger partial charge < -0.3 is 9.26 Å². The average molecular weight is 281 g/mol. The Labute approximate surface area is 122 Å². The van der Waals surface area contributed by atoms with E-state index in [0.717, 1.165) is 22.2 Å². The van der Waals surface area contributed by atoms with Gasteiger partial charge in [0.25, 0.3) is 5.89 Å². The van der Waals surface area contributed by atoms with E-state index in [1.54, 1.807) is 7.11 Å². The molecule has 0 aliphatic heterocycles. The number of ether oxygens (including phenoxy) is 1. The second-order valence-electron chi connectivity index (χ2n) is 5.33. The molecule has 1 aromatic carbocycles. The quantitative estimate of drug-likeness (QED) is 0.734. The van der Waals surface area contributed by atoms with E-state index in [1.807, 2.05) is 24.3 Å². The minimum absolute atomic E-state index is 0.349. The van der Waals surface area contributed by atoms with Gasteiger partial charge in [0.05, 0.1) is 11.1 Å². The molecule has 0 amide bonds. The number of aromatic nitrogens is 3. The molecule has 0 unspecified atom stereocenters. The van der Waals surface area contributed by atoms with Crippen molar-refractivity contribution in [2.24, 2.45) is 0 Å². The van der Waals surface area contributed by atoms with Crippen LogP contribution >= 0.6 is 0 Å². The molecular formula is C16H15N3O2. The van der Waals surface area contributed by atoms with Gasteiger partial charge in [0.2, 0.25) is 0 Å². The van der Waals surface area contributed by atoms with E-state index in [4.69, 9.17) is 14.2 Å².